The number of nitrogens with zero attached hydrogens (tertiary/aromatic N) is 2. The third-order valence-corrected chi connectivity index (χ3v) is 3.81. The van der Waals surface area contributed by atoms with E-state index in [1.54, 1.807) is 11.1 Å². The molecule has 0 aromatic carbocycles. The predicted molar refractivity (Wildman–Crippen MR) is 88.8 cm³/mol. The number of anilines is 1. The van der Waals surface area contributed by atoms with Gasteiger partial charge in [0.2, 0.25) is 6.41 Å². The molecule has 0 saturated heterocycles. The molecule has 0 radical (unpaired) electrons. The molecular formula is C17H27N3O2. The van der Waals surface area contributed by atoms with Crippen LogP contribution in [0.25, 0.3) is 0 Å². The lowest BCUT2D eigenvalue weighted by atomic mass is 9.94. The summed E-state index contributed by atoms with van der Waals surface area (Å²) in [5.41, 5.74) is 7.78. The SMILES string of the molecule is CCCC(CN(C=O)CC)c1cnc(C(=O)C(C)C)c(N)c1. The molecule has 0 aliphatic heterocycles. The Hall–Kier alpha value is -1.91. The van der Waals surface area contributed by atoms with Gasteiger partial charge in [-0.15, -0.1) is 0 Å². The molecule has 0 saturated carbocycles. The van der Waals surface area contributed by atoms with Crippen molar-refractivity contribution >= 4 is 17.9 Å². The van der Waals surface area contributed by atoms with Crippen LogP contribution in [0.3, 0.4) is 0 Å². The van der Waals surface area contributed by atoms with Gasteiger partial charge < -0.3 is 10.6 Å². The maximum Gasteiger partial charge on any atom is 0.209 e. The Morgan fingerprint density at radius 1 is 1.41 bits per heavy atom. The highest BCUT2D eigenvalue weighted by Gasteiger charge is 2.19. The van der Waals surface area contributed by atoms with Crippen molar-refractivity contribution < 1.29 is 9.59 Å². The second-order valence-electron chi connectivity index (χ2n) is 5.90. The lowest BCUT2D eigenvalue weighted by Crippen LogP contribution is -2.27. The van der Waals surface area contributed by atoms with Crippen LogP contribution in [0.1, 0.15) is 62.5 Å². The molecule has 5 heteroatoms. The molecule has 122 valence electrons. The highest BCUT2D eigenvalue weighted by atomic mass is 16.1. The summed E-state index contributed by atoms with van der Waals surface area (Å²) in [6.07, 6.45) is 4.55. The molecule has 1 rings (SSSR count). The van der Waals surface area contributed by atoms with Crippen LogP contribution in [0, 0.1) is 5.92 Å². The van der Waals surface area contributed by atoms with Crippen molar-refractivity contribution in [3.63, 3.8) is 0 Å². The molecular weight excluding hydrogens is 278 g/mol. The van der Waals surface area contributed by atoms with Gasteiger partial charge in [-0.1, -0.05) is 27.2 Å². The molecule has 0 aliphatic rings. The highest BCUT2D eigenvalue weighted by Crippen LogP contribution is 2.25. The van der Waals surface area contributed by atoms with Gasteiger partial charge in [0.05, 0.1) is 5.69 Å². The number of rotatable bonds is 9. The summed E-state index contributed by atoms with van der Waals surface area (Å²) in [6.45, 7) is 9.05. The second kappa shape index (κ2) is 8.51. The van der Waals surface area contributed by atoms with Crippen molar-refractivity contribution in [1.82, 2.24) is 9.88 Å². The summed E-state index contributed by atoms with van der Waals surface area (Å²) in [4.78, 5) is 29.1. The summed E-state index contributed by atoms with van der Waals surface area (Å²) in [7, 11) is 0. The molecule has 0 spiro atoms. The number of aromatic nitrogens is 1. The fourth-order valence-corrected chi connectivity index (χ4v) is 2.44. The number of carbonyl (C=O) groups excluding carboxylic acids is 2. The Labute approximate surface area is 132 Å². The van der Waals surface area contributed by atoms with Crippen LogP contribution >= 0.6 is 0 Å². The number of hydrogen-bond acceptors (Lipinski definition) is 4. The number of Topliss-reactive ketones (excluding diaryl/α,β-unsaturated/α-hetero) is 1. The van der Waals surface area contributed by atoms with Crippen molar-refractivity contribution in [3.05, 3.63) is 23.5 Å². The highest BCUT2D eigenvalue weighted by molar-refractivity contribution is 6.00. The molecule has 1 aromatic heterocycles. The van der Waals surface area contributed by atoms with Crippen LogP contribution in [0.4, 0.5) is 5.69 Å². The van der Waals surface area contributed by atoms with Crippen LogP contribution < -0.4 is 5.73 Å². The summed E-state index contributed by atoms with van der Waals surface area (Å²) >= 11 is 0. The van der Waals surface area contributed by atoms with E-state index in [0.717, 1.165) is 24.8 Å². The maximum atomic E-state index is 12.0. The van der Waals surface area contributed by atoms with Crippen molar-refractivity contribution in [2.24, 2.45) is 5.92 Å². The fourth-order valence-electron chi connectivity index (χ4n) is 2.44. The minimum absolute atomic E-state index is 0.0424. The first-order valence-corrected chi connectivity index (χ1v) is 7.93. The Bertz CT molecular complexity index is 515. The van der Waals surface area contributed by atoms with Gasteiger partial charge >= 0.3 is 0 Å². The molecule has 5 nitrogen and oxygen atoms in total. The van der Waals surface area contributed by atoms with Crippen LogP contribution in [0.15, 0.2) is 12.3 Å². The Morgan fingerprint density at radius 3 is 2.55 bits per heavy atom. The van der Waals surface area contributed by atoms with E-state index in [4.69, 9.17) is 5.73 Å². The largest absolute Gasteiger partial charge is 0.397 e. The first kappa shape index (κ1) is 18.1. The van der Waals surface area contributed by atoms with Crippen molar-refractivity contribution in [2.75, 3.05) is 18.8 Å². The third kappa shape index (κ3) is 4.55. The van der Waals surface area contributed by atoms with E-state index in [2.05, 4.69) is 11.9 Å². The summed E-state index contributed by atoms with van der Waals surface area (Å²) in [5, 5.41) is 0. The van der Waals surface area contributed by atoms with Crippen molar-refractivity contribution in [3.8, 4) is 0 Å². The van der Waals surface area contributed by atoms with Crippen LogP contribution in [-0.4, -0.2) is 35.2 Å². The van der Waals surface area contributed by atoms with E-state index >= 15 is 0 Å². The molecule has 1 atom stereocenters. The van der Waals surface area contributed by atoms with E-state index < -0.39 is 0 Å². The number of hydrogen-bond donors (Lipinski definition) is 1. The predicted octanol–water partition coefficient (Wildman–Crippen LogP) is 2.86. The molecule has 0 bridgehead atoms. The van der Waals surface area contributed by atoms with Gasteiger partial charge in [-0.2, -0.15) is 0 Å². The zero-order chi connectivity index (χ0) is 16.7. The first-order valence-electron chi connectivity index (χ1n) is 7.93. The summed E-state index contributed by atoms with van der Waals surface area (Å²) in [5.74, 6) is 0.0186. The molecule has 1 aromatic rings. The molecule has 0 aliphatic carbocycles. The van der Waals surface area contributed by atoms with E-state index in [-0.39, 0.29) is 17.6 Å². The van der Waals surface area contributed by atoms with E-state index in [9.17, 15) is 9.59 Å². The molecule has 1 amide bonds. The number of nitrogen functional groups attached to an aromatic ring is 1. The average molecular weight is 305 g/mol. The number of ketones is 1. The summed E-state index contributed by atoms with van der Waals surface area (Å²) in [6, 6.07) is 1.83. The van der Waals surface area contributed by atoms with Gasteiger partial charge in [0.25, 0.3) is 0 Å². The number of likely N-dealkylation sites (N-methyl/N-ethyl adjacent to an activating group) is 1. The van der Waals surface area contributed by atoms with Gasteiger partial charge in [0.15, 0.2) is 5.78 Å². The number of amides is 1. The quantitative estimate of drug-likeness (QED) is 0.562. The number of nitrogens with two attached hydrogens (primary N) is 1. The molecule has 22 heavy (non-hydrogen) atoms. The maximum absolute atomic E-state index is 12.0. The zero-order valence-corrected chi connectivity index (χ0v) is 14.0. The minimum atomic E-state index is -0.127. The normalized spacial score (nSPS) is 12.2. The van der Waals surface area contributed by atoms with Gasteiger partial charge in [0, 0.05) is 31.1 Å². The van der Waals surface area contributed by atoms with Crippen LogP contribution in [0.2, 0.25) is 0 Å². The average Bonchev–Trinajstić information content (AvgIpc) is 2.50. The second-order valence-corrected chi connectivity index (χ2v) is 5.90. The molecule has 0 fully saturated rings. The van der Waals surface area contributed by atoms with Gasteiger partial charge in [-0.25, -0.2) is 0 Å². The fraction of sp³-hybridized carbons (Fsp3) is 0.588. The lowest BCUT2D eigenvalue weighted by molar-refractivity contribution is -0.118. The monoisotopic (exact) mass is 305 g/mol. The van der Waals surface area contributed by atoms with E-state index in [1.165, 1.54) is 0 Å². The first-order chi connectivity index (χ1) is 10.4. The van der Waals surface area contributed by atoms with E-state index in [1.807, 2.05) is 26.8 Å². The molecule has 1 heterocycles. The minimum Gasteiger partial charge on any atom is -0.397 e. The summed E-state index contributed by atoms with van der Waals surface area (Å²) < 4.78 is 0. The van der Waals surface area contributed by atoms with Crippen LogP contribution in [0.5, 0.6) is 0 Å². The Kier molecular flexibility index (Phi) is 7.02. The number of pyridine rings is 1. The lowest BCUT2D eigenvalue weighted by Gasteiger charge is -2.23. The van der Waals surface area contributed by atoms with E-state index in [0.29, 0.717) is 24.5 Å². The molecule has 1 unspecified atom stereocenters. The third-order valence-electron chi connectivity index (χ3n) is 3.81. The topological polar surface area (TPSA) is 76.3 Å². The zero-order valence-electron chi connectivity index (χ0n) is 14.0. The molecule has 2 N–H and O–H groups in total. The van der Waals surface area contributed by atoms with Gasteiger partial charge in [-0.05, 0) is 25.0 Å². The van der Waals surface area contributed by atoms with Crippen molar-refractivity contribution in [2.45, 2.75) is 46.5 Å². The smallest absolute Gasteiger partial charge is 0.209 e. The van der Waals surface area contributed by atoms with Gasteiger partial charge in [-0.3, -0.25) is 14.6 Å². The standard InChI is InChI=1S/C17H27N3O2/c1-5-7-13(10-20(6-2)11-21)14-8-15(18)16(19-9-14)17(22)12(3)4/h8-9,11-13H,5-7,10,18H2,1-4H3. The van der Waals surface area contributed by atoms with Crippen molar-refractivity contribution in [1.29, 1.82) is 0 Å². The van der Waals surface area contributed by atoms with Crippen LogP contribution in [-0.2, 0) is 4.79 Å². The number of carbonyl (C=O) groups is 2. The Morgan fingerprint density at radius 2 is 2.09 bits per heavy atom. The van der Waals surface area contributed by atoms with Gasteiger partial charge in [0.1, 0.15) is 5.69 Å². The Balaban J connectivity index is 3.03.